The van der Waals surface area contributed by atoms with E-state index in [2.05, 4.69) is 16.0 Å². The van der Waals surface area contributed by atoms with Gasteiger partial charge in [-0.1, -0.05) is 60.4 Å². The molecule has 0 saturated heterocycles. The lowest BCUT2D eigenvalue weighted by Gasteiger charge is -2.12. The molecule has 3 rings (SSSR count). The molecule has 0 amide bonds. The second-order valence-corrected chi connectivity index (χ2v) is 6.80. The van der Waals surface area contributed by atoms with Gasteiger partial charge in [0.25, 0.3) is 0 Å². The molecule has 0 aliphatic heterocycles. The van der Waals surface area contributed by atoms with Crippen molar-refractivity contribution >= 4 is 20.9 Å². The molecule has 0 unspecified atom stereocenters. The predicted octanol–water partition coefficient (Wildman–Crippen LogP) is 4.47. The summed E-state index contributed by atoms with van der Waals surface area (Å²) in [4.78, 5) is 0. The first kappa shape index (κ1) is 17.8. The number of rotatable bonds is 2. The molecule has 3 aromatic rings. The van der Waals surface area contributed by atoms with Gasteiger partial charge >= 0.3 is 15.6 Å². The van der Waals surface area contributed by atoms with E-state index in [4.69, 9.17) is 0 Å². The number of fused-ring (bicyclic) bond motifs is 1. The van der Waals surface area contributed by atoms with Crippen LogP contribution in [0.2, 0.25) is 0 Å². The molecule has 0 radical (unpaired) electrons. The molecule has 7 heteroatoms. The van der Waals surface area contributed by atoms with Crippen molar-refractivity contribution in [3.63, 3.8) is 0 Å². The van der Waals surface area contributed by atoms with Gasteiger partial charge in [-0.25, -0.2) is 0 Å². The summed E-state index contributed by atoms with van der Waals surface area (Å²) in [6, 6.07) is 18.2. The Kier molecular flexibility index (Phi) is 4.62. The van der Waals surface area contributed by atoms with Gasteiger partial charge in [0.1, 0.15) is 0 Å². The minimum absolute atomic E-state index is 0.0692. The number of hydrogen-bond donors (Lipinski definition) is 0. The fraction of sp³-hybridized carbons (Fsp3) is 0.0526. The van der Waals surface area contributed by atoms with Gasteiger partial charge in [0.2, 0.25) is 0 Å². The third kappa shape index (κ3) is 3.65. The number of halogens is 3. The van der Waals surface area contributed by atoms with Gasteiger partial charge in [-0.05, 0) is 23.6 Å². The predicted molar refractivity (Wildman–Crippen MR) is 92.0 cm³/mol. The summed E-state index contributed by atoms with van der Waals surface area (Å²) in [5.74, 6) is 5.08. The minimum atomic E-state index is -5.79. The topological polar surface area (TPSA) is 43.4 Å². The highest BCUT2D eigenvalue weighted by Gasteiger charge is 2.48. The Labute approximate surface area is 148 Å². The lowest BCUT2D eigenvalue weighted by Crippen LogP contribution is -2.28. The number of hydrogen-bond acceptors (Lipinski definition) is 3. The summed E-state index contributed by atoms with van der Waals surface area (Å²) < 4.78 is 65.1. The lowest BCUT2D eigenvalue weighted by molar-refractivity contribution is -0.0500. The van der Waals surface area contributed by atoms with Crippen molar-refractivity contribution < 1.29 is 25.8 Å². The standard InChI is InChI=1S/C19H11F3O3S/c20-19(21,22)26(23,24)25-18-13-11-15-8-4-5-9-16(15)17(18)12-10-14-6-2-1-3-7-14/h1-9,11,13H. The molecule has 0 atom stereocenters. The van der Waals surface area contributed by atoms with Crippen LogP contribution in [0.15, 0.2) is 66.7 Å². The normalized spacial score (nSPS) is 11.7. The highest BCUT2D eigenvalue weighted by Crippen LogP contribution is 2.32. The van der Waals surface area contributed by atoms with E-state index in [-0.39, 0.29) is 5.56 Å². The second-order valence-electron chi connectivity index (χ2n) is 5.26. The molecule has 0 N–H and O–H groups in total. The van der Waals surface area contributed by atoms with Crippen molar-refractivity contribution in [1.29, 1.82) is 0 Å². The zero-order valence-electron chi connectivity index (χ0n) is 13.1. The lowest BCUT2D eigenvalue weighted by atomic mass is 10.0. The van der Waals surface area contributed by atoms with Crippen LogP contribution in [0.4, 0.5) is 13.2 Å². The van der Waals surface area contributed by atoms with E-state index in [1.54, 1.807) is 54.6 Å². The zero-order chi connectivity index (χ0) is 18.8. The van der Waals surface area contributed by atoms with E-state index < -0.39 is 21.4 Å². The molecule has 26 heavy (non-hydrogen) atoms. The maximum atomic E-state index is 12.7. The number of benzene rings is 3. The molecule has 0 saturated carbocycles. The highest BCUT2D eigenvalue weighted by molar-refractivity contribution is 7.88. The molecule has 0 heterocycles. The summed E-state index contributed by atoms with van der Waals surface area (Å²) in [5.41, 5.74) is -4.83. The first-order chi connectivity index (χ1) is 12.3. The maximum Gasteiger partial charge on any atom is 0.534 e. The molecule has 0 bridgehead atoms. The van der Waals surface area contributed by atoms with Gasteiger partial charge in [0, 0.05) is 10.9 Å². The fourth-order valence-corrected chi connectivity index (χ4v) is 2.74. The largest absolute Gasteiger partial charge is 0.534 e. The fourth-order valence-electron chi connectivity index (χ4n) is 2.27. The van der Waals surface area contributed by atoms with Crippen LogP contribution in [-0.2, 0) is 10.1 Å². The zero-order valence-corrected chi connectivity index (χ0v) is 13.9. The smallest absolute Gasteiger partial charge is 0.375 e. The van der Waals surface area contributed by atoms with Crippen LogP contribution in [0.3, 0.4) is 0 Å². The van der Waals surface area contributed by atoms with Crippen molar-refractivity contribution in [2.75, 3.05) is 0 Å². The molecular formula is C19H11F3O3S. The third-order valence-electron chi connectivity index (χ3n) is 3.48. The van der Waals surface area contributed by atoms with Gasteiger partial charge in [0.05, 0.1) is 5.56 Å². The van der Waals surface area contributed by atoms with Crippen LogP contribution in [0, 0.1) is 11.8 Å². The SMILES string of the molecule is O=S(=O)(Oc1ccc2ccccc2c1C#Cc1ccccc1)C(F)(F)F. The van der Waals surface area contributed by atoms with Gasteiger partial charge in [-0.3, -0.25) is 0 Å². The van der Waals surface area contributed by atoms with Crippen molar-refractivity contribution in [1.82, 2.24) is 0 Å². The molecule has 0 aliphatic rings. The highest BCUT2D eigenvalue weighted by atomic mass is 32.2. The van der Waals surface area contributed by atoms with Crippen molar-refractivity contribution in [2.45, 2.75) is 5.51 Å². The summed E-state index contributed by atoms with van der Waals surface area (Å²) in [5, 5.41) is 1.19. The summed E-state index contributed by atoms with van der Waals surface area (Å²) in [6.45, 7) is 0. The monoisotopic (exact) mass is 376 g/mol. The molecule has 3 aromatic carbocycles. The Bertz CT molecular complexity index is 1110. The van der Waals surface area contributed by atoms with Gasteiger partial charge < -0.3 is 4.18 Å². The van der Waals surface area contributed by atoms with Crippen LogP contribution < -0.4 is 4.18 Å². The Morgan fingerprint density at radius 2 is 1.46 bits per heavy atom. The van der Waals surface area contributed by atoms with E-state index in [0.717, 1.165) is 0 Å². The molecule has 0 spiro atoms. The van der Waals surface area contributed by atoms with Crippen LogP contribution in [-0.4, -0.2) is 13.9 Å². The molecule has 0 aliphatic carbocycles. The van der Waals surface area contributed by atoms with Crippen molar-refractivity contribution in [2.24, 2.45) is 0 Å². The van der Waals surface area contributed by atoms with Crippen LogP contribution in [0.25, 0.3) is 10.8 Å². The van der Waals surface area contributed by atoms with Crippen molar-refractivity contribution in [3.05, 3.63) is 77.9 Å². The van der Waals surface area contributed by atoms with E-state index in [1.807, 2.05) is 0 Å². The average molecular weight is 376 g/mol. The van der Waals surface area contributed by atoms with Gasteiger partial charge in [0.15, 0.2) is 5.75 Å². The Morgan fingerprint density at radius 1 is 0.808 bits per heavy atom. The number of alkyl halides is 3. The Hall–Kier alpha value is -2.98. The third-order valence-corrected chi connectivity index (χ3v) is 4.45. The Morgan fingerprint density at radius 3 is 2.15 bits per heavy atom. The van der Waals surface area contributed by atoms with E-state index >= 15 is 0 Å². The summed E-state index contributed by atoms with van der Waals surface area (Å²) in [7, 11) is -5.79. The Balaban J connectivity index is 2.17. The van der Waals surface area contributed by atoms with Crippen LogP contribution in [0.1, 0.15) is 11.1 Å². The van der Waals surface area contributed by atoms with Crippen LogP contribution >= 0.6 is 0 Å². The molecule has 3 nitrogen and oxygen atoms in total. The molecule has 0 aromatic heterocycles. The van der Waals surface area contributed by atoms with Gasteiger partial charge in [-0.15, -0.1) is 0 Å². The molecular weight excluding hydrogens is 365 g/mol. The average Bonchev–Trinajstić information content (AvgIpc) is 2.60. The first-order valence-corrected chi connectivity index (χ1v) is 8.78. The van der Waals surface area contributed by atoms with E-state index in [0.29, 0.717) is 16.3 Å². The van der Waals surface area contributed by atoms with E-state index in [1.165, 1.54) is 12.1 Å². The van der Waals surface area contributed by atoms with Gasteiger partial charge in [-0.2, -0.15) is 21.6 Å². The van der Waals surface area contributed by atoms with Crippen molar-refractivity contribution in [3.8, 4) is 17.6 Å². The quantitative estimate of drug-likeness (QED) is 0.377. The molecule has 132 valence electrons. The summed E-state index contributed by atoms with van der Waals surface area (Å²) >= 11 is 0. The minimum Gasteiger partial charge on any atom is -0.375 e. The summed E-state index contributed by atoms with van der Waals surface area (Å²) in [6.07, 6.45) is 0. The second kappa shape index (κ2) is 6.73. The molecule has 0 fully saturated rings. The van der Waals surface area contributed by atoms with Crippen LogP contribution in [0.5, 0.6) is 5.75 Å². The first-order valence-electron chi connectivity index (χ1n) is 7.37. The van der Waals surface area contributed by atoms with E-state index in [9.17, 15) is 21.6 Å². The maximum absolute atomic E-state index is 12.7.